The predicted octanol–water partition coefficient (Wildman–Crippen LogP) is 1.90. The van der Waals surface area contributed by atoms with Gasteiger partial charge in [-0.1, -0.05) is 30.3 Å². The Morgan fingerprint density at radius 2 is 1.86 bits per heavy atom. The van der Waals surface area contributed by atoms with Gasteiger partial charge in [0.2, 0.25) is 0 Å². The van der Waals surface area contributed by atoms with Gasteiger partial charge in [0, 0.05) is 25.7 Å². The second-order valence-corrected chi connectivity index (χ2v) is 6.29. The zero-order valence-electron chi connectivity index (χ0n) is 12.1. The van der Waals surface area contributed by atoms with Gasteiger partial charge in [-0.15, -0.1) is 0 Å². The number of quaternary nitrogens is 1. The van der Waals surface area contributed by atoms with E-state index in [1.807, 2.05) is 6.07 Å². The van der Waals surface area contributed by atoms with Gasteiger partial charge in [0.05, 0.1) is 19.1 Å². The van der Waals surface area contributed by atoms with E-state index in [1.54, 1.807) is 31.3 Å². The molecule has 3 atom stereocenters. The number of piperidine rings is 1. The number of aliphatic hydroxyl groups is 1. The SMILES string of the molecule is C[N+]1([O-])[C@@H]2CC[C@@H]1CC(OC(=O)[C@H](O)c1ccccc1)C2. The van der Waals surface area contributed by atoms with Crippen molar-refractivity contribution in [1.82, 2.24) is 0 Å². The maximum absolute atomic E-state index is 12.4. The molecule has 2 aliphatic rings. The Hall–Kier alpha value is -1.43. The molecule has 0 amide bonds. The van der Waals surface area contributed by atoms with Crippen molar-refractivity contribution >= 4 is 5.97 Å². The van der Waals surface area contributed by atoms with Crippen LogP contribution >= 0.6 is 0 Å². The van der Waals surface area contributed by atoms with E-state index in [-0.39, 0.29) is 22.8 Å². The molecule has 2 saturated heterocycles. The summed E-state index contributed by atoms with van der Waals surface area (Å²) >= 11 is 0. The average Bonchev–Trinajstić information content (AvgIpc) is 2.67. The molecule has 114 valence electrons. The number of carbonyl (C=O) groups excluding carboxylic acids is 1. The largest absolute Gasteiger partial charge is 0.633 e. The number of esters is 1. The summed E-state index contributed by atoms with van der Waals surface area (Å²) in [4.78, 5) is 12.1. The lowest BCUT2D eigenvalue weighted by atomic mass is 9.99. The van der Waals surface area contributed by atoms with Crippen LogP contribution < -0.4 is 0 Å². The average molecular weight is 291 g/mol. The van der Waals surface area contributed by atoms with Crippen LogP contribution in [0, 0.1) is 5.21 Å². The van der Waals surface area contributed by atoms with Crippen molar-refractivity contribution in [2.45, 2.75) is 50.0 Å². The maximum Gasteiger partial charge on any atom is 0.339 e. The molecule has 21 heavy (non-hydrogen) atoms. The second-order valence-electron chi connectivity index (χ2n) is 6.29. The third-order valence-electron chi connectivity index (χ3n) is 4.97. The van der Waals surface area contributed by atoms with Gasteiger partial charge in [0.1, 0.15) is 6.10 Å². The number of ether oxygens (including phenoxy) is 1. The van der Waals surface area contributed by atoms with Crippen LogP contribution in [0.2, 0.25) is 0 Å². The van der Waals surface area contributed by atoms with E-state index in [1.165, 1.54) is 0 Å². The summed E-state index contributed by atoms with van der Waals surface area (Å²) in [5.41, 5.74) is 0.533. The minimum Gasteiger partial charge on any atom is -0.633 e. The van der Waals surface area contributed by atoms with E-state index in [0.29, 0.717) is 18.4 Å². The van der Waals surface area contributed by atoms with Crippen LogP contribution in [0.1, 0.15) is 37.4 Å². The summed E-state index contributed by atoms with van der Waals surface area (Å²) < 4.78 is 5.24. The Bertz CT molecular complexity index is 500. The van der Waals surface area contributed by atoms with Crippen molar-refractivity contribution in [2.75, 3.05) is 7.05 Å². The number of benzene rings is 1. The molecule has 0 aliphatic carbocycles. The van der Waals surface area contributed by atoms with Crippen LogP contribution in [0.3, 0.4) is 0 Å². The first-order valence-corrected chi connectivity index (χ1v) is 7.49. The molecular weight excluding hydrogens is 270 g/mol. The first-order chi connectivity index (χ1) is 9.98. The zero-order chi connectivity index (χ0) is 15.0. The topological polar surface area (TPSA) is 69.6 Å². The Labute approximate surface area is 124 Å². The molecule has 2 heterocycles. The minimum absolute atomic E-state index is 0.0235. The molecule has 0 saturated carbocycles. The molecular formula is C16H21NO4. The lowest BCUT2D eigenvalue weighted by Gasteiger charge is -2.50. The predicted molar refractivity (Wildman–Crippen MR) is 76.9 cm³/mol. The van der Waals surface area contributed by atoms with E-state index in [4.69, 9.17) is 4.74 Å². The lowest BCUT2D eigenvalue weighted by molar-refractivity contribution is -0.903. The number of fused-ring (bicyclic) bond motifs is 2. The molecule has 0 aromatic heterocycles. The zero-order valence-corrected chi connectivity index (χ0v) is 12.1. The van der Waals surface area contributed by atoms with Crippen molar-refractivity contribution < 1.29 is 19.3 Å². The highest BCUT2D eigenvalue weighted by molar-refractivity contribution is 5.76. The Morgan fingerprint density at radius 1 is 1.29 bits per heavy atom. The highest BCUT2D eigenvalue weighted by Gasteiger charge is 2.48. The van der Waals surface area contributed by atoms with Gasteiger partial charge in [0.25, 0.3) is 0 Å². The number of nitrogens with zero attached hydrogens (tertiary/aromatic N) is 1. The van der Waals surface area contributed by atoms with Crippen LogP contribution in [0.15, 0.2) is 30.3 Å². The number of carbonyl (C=O) groups is 1. The summed E-state index contributed by atoms with van der Waals surface area (Å²) in [5, 5.41) is 22.4. The molecule has 0 unspecified atom stereocenters. The van der Waals surface area contributed by atoms with Gasteiger partial charge in [-0.2, -0.15) is 0 Å². The summed E-state index contributed by atoms with van der Waals surface area (Å²) in [5.74, 6) is -0.618. The van der Waals surface area contributed by atoms with E-state index in [2.05, 4.69) is 0 Å². The molecule has 2 aliphatic heterocycles. The first kappa shape index (κ1) is 14.5. The third kappa shape index (κ3) is 2.69. The molecule has 3 rings (SSSR count). The van der Waals surface area contributed by atoms with Gasteiger partial charge >= 0.3 is 5.97 Å². The fourth-order valence-corrected chi connectivity index (χ4v) is 3.65. The van der Waals surface area contributed by atoms with Gasteiger partial charge < -0.3 is 19.7 Å². The van der Waals surface area contributed by atoms with Crippen LogP contribution in [0.5, 0.6) is 0 Å². The lowest BCUT2D eigenvalue weighted by Crippen LogP contribution is -2.55. The molecule has 5 nitrogen and oxygen atoms in total. The van der Waals surface area contributed by atoms with Crippen LogP contribution in [-0.4, -0.2) is 41.0 Å². The van der Waals surface area contributed by atoms with Crippen molar-refractivity contribution in [3.63, 3.8) is 0 Å². The van der Waals surface area contributed by atoms with Crippen LogP contribution in [-0.2, 0) is 9.53 Å². The Morgan fingerprint density at radius 3 is 2.43 bits per heavy atom. The monoisotopic (exact) mass is 291 g/mol. The molecule has 0 radical (unpaired) electrons. The van der Waals surface area contributed by atoms with Crippen molar-refractivity contribution in [3.8, 4) is 0 Å². The highest BCUT2D eigenvalue weighted by Crippen LogP contribution is 2.41. The minimum atomic E-state index is -1.25. The summed E-state index contributed by atoms with van der Waals surface area (Å²) in [6.45, 7) is 0. The van der Waals surface area contributed by atoms with E-state index in [9.17, 15) is 15.1 Å². The molecule has 2 bridgehead atoms. The summed E-state index contributed by atoms with van der Waals surface area (Å²) in [7, 11) is 1.72. The van der Waals surface area contributed by atoms with Gasteiger partial charge in [-0.05, 0) is 5.56 Å². The quantitative estimate of drug-likeness (QED) is 0.524. The molecule has 2 fully saturated rings. The van der Waals surface area contributed by atoms with Crippen molar-refractivity contribution in [3.05, 3.63) is 41.1 Å². The van der Waals surface area contributed by atoms with Crippen LogP contribution in [0.25, 0.3) is 0 Å². The smallest absolute Gasteiger partial charge is 0.339 e. The van der Waals surface area contributed by atoms with E-state index in [0.717, 1.165) is 12.8 Å². The van der Waals surface area contributed by atoms with Gasteiger partial charge in [0.15, 0.2) is 6.10 Å². The van der Waals surface area contributed by atoms with Gasteiger partial charge in [-0.25, -0.2) is 4.79 Å². The standard InChI is InChI=1S/C16H21NO4/c1-17(20)12-7-8-13(17)10-14(9-12)21-16(19)15(18)11-5-3-2-4-6-11/h2-6,12-15,18H,7-10H2,1H3/t12-,13-,14?,15-,17?/m1/s1. The van der Waals surface area contributed by atoms with E-state index < -0.39 is 12.1 Å². The summed E-state index contributed by atoms with van der Waals surface area (Å²) in [6.07, 6.45) is 1.51. The number of hydrogen-bond acceptors (Lipinski definition) is 4. The Kier molecular flexibility index (Phi) is 3.73. The maximum atomic E-state index is 12.4. The van der Waals surface area contributed by atoms with Gasteiger partial charge in [-0.3, -0.25) is 0 Å². The normalized spacial score (nSPS) is 36.2. The number of hydroxylamine groups is 3. The second kappa shape index (κ2) is 5.40. The summed E-state index contributed by atoms with van der Waals surface area (Å²) in [6, 6.07) is 8.81. The van der Waals surface area contributed by atoms with E-state index >= 15 is 0 Å². The number of hydrogen-bond donors (Lipinski definition) is 1. The molecule has 1 aromatic carbocycles. The molecule has 1 aromatic rings. The fourth-order valence-electron chi connectivity index (χ4n) is 3.65. The third-order valence-corrected chi connectivity index (χ3v) is 4.97. The molecule has 0 spiro atoms. The van der Waals surface area contributed by atoms with Crippen molar-refractivity contribution in [2.24, 2.45) is 0 Å². The number of rotatable bonds is 3. The van der Waals surface area contributed by atoms with Crippen molar-refractivity contribution in [1.29, 1.82) is 0 Å². The number of aliphatic hydroxyl groups excluding tert-OH is 1. The Balaban J connectivity index is 1.62. The molecule has 5 heteroatoms. The highest BCUT2D eigenvalue weighted by atomic mass is 16.6. The first-order valence-electron chi connectivity index (χ1n) is 7.49. The molecule has 1 N–H and O–H groups in total. The fraction of sp³-hybridized carbons (Fsp3) is 0.562. The van der Waals surface area contributed by atoms with Crippen LogP contribution in [0.4, 0.5) is 0 Å².